The third-order valence-electron chi connectivity index (χ3n) is 3.55. The highest BCUT2D eigenvalue weighted by Gasteiger charge is 2.12. The Balaban J connectivity index is 1.63. The molecule has 0 aliphatic carbocycles. The van der Waals surface area contributed by atoms with Gasteiger partial charge in [-0.1, -0.05) is 18.2 Å². The Kier molecular flexibility index (Phi) is 3.47. The van der Waals surface area contributed by atoms with Crippen molar-refractivity contribution >= 4 is 0 Å². The number of nitrogens with zero attached hydrogens (tertiary/aromatic N) is 1. The Morgan fingerprint density at radius 2 is 2.32 bits per heavy atom. The third kappa shape index (κ3) is 2.76. The van der Waals surface area contributed by atoms with Gasteiger partial charge in [-0.2, -0.15) is 0 Å². The van der Waals surface area contributed by atoms with Gasteiger partial charge in [0.2, 0.25) is 0 Å². The van der Waals surface area contributed by atoms with Crippen LogP contribution < -0.4 is 10.1 Å². The maximum Gasteiger partial charge on any atom is 0.122 e. The summed E-state index contributed by atoms with van der Waals surface area (Å²) in [6.07, 6.45) is 4.74. The van der Waals surface area contributed by atoms with E-state index in [9.17, 15) is 0 Å². The highest BCUT2D eigenvalue weighted by atomic mass is 16.5. The zero-order chi connectivity index (χ0) is 13.1. The van der Waals surface area contributed by atoms with Gasteiger partial charge < -0.3 is 10.1 Å². The monoisotopic (exact) mass is 254 g/mol. The van der Waals surface area contributed by atoms with Gasteiger partial charge in [0.05, 0.1) is 6.61 Å². The van der Waals surface area contributed by atoms with Crippen molar-refractivity contribution in [3.8, 4) is 5.75 Å². The van der Waals surface area contributed by atoms with Crippen LogP contribution in [-0.2, 0) is 13.0 Å². The van der Waals surface area contributed by atoms with Crippen LogP contribution in [0, 0.1) is 0 Å². The van der Waals surface area contributed by atoms with E-state index >= 15 is 0 Å². The van der Waals surface area contributed by atoms with E-state index in [0.29, 0.717) is 6.04 Å². The Morgan fingerprint density at radius 3 is 3.16 bits per heavy atom. The Morgan fingerprint density at radius 1 is 1.37 bits per heavy atom. The van der Waals surface area contributed by atoms with Crippen molar-refractivity contribution in [1.29, 1.82) is 0 Å². The number of pyridine rings is 1. The molecule has 3 rings (SSSR count). The minimum absolute atomic E-state index is 0.304. The van der Waals surface area contributed by atoms with E-state index in [4.69, 9.17) is 4.74 Å². The number of hydrogen-bond donors (Lipinski definition) is 1. The fourth-order valence-corrected chi connectivity index (χ4v) is 2.37. The molecule has 98 valence electrons. The van der Waals surface area contributed by atoms with Crippen molar-refractivity contribution < 1.29 is 4.74 Å². The van der Waals surface area contributed by atoms with Crippen LogP contribution in [0.3, 0.4) is 0 Å². The lowest BCUT2D eigenvalue weighted by molar-refractivity contribution is 0.357. The second kappa shape index (κ2) is 5.41. The van der Waals surface area contributed by atoms with E-state index in [1.54, 1.807) is 6.20 Å². The molecule has 1 aliphatic rings. The van der Waals surface area contributed by atoms with Crippen molar-refractivity contribution in [2.24, 2.45) is 0 Å². The van der Waals surface area contributed by atoms with Gasteiger partial charge >= 0.3 is 0 Å². The fourth-order valence-electron chi connectivity index (χ4n) is 2.37. The molecule has 1 aromatic carbocycles. The fraction of sp³-hybridized carbons (Fsp3) is 0.312. The summed E-state index contributed by atoms with van der Waals surface area (Å²) in [5, 5.41) is 3.53. The summed E-state index contributed by atoms with van der Waals surface area (Å²) in [4.78, 5) is 4.15. The Labute approximate surface area is 113 Å². The van der Waals surface area contributed by atoms with Crippen LogP contribution in [0.5, 0.6) is 5.75 Å². The van der Waals surface area contributed by atoms with Gasteiger partial charge in [0.25, 0.3) is 0 Å². The number of nitrogens with one attached hydrogen (secondary N) is 1. The van der Waals surface area contributed by atoms with Gasteiger partial charge in [-0.05, 0) is 35.7 Å². The molecule has 1 atom stereocenters. The molecule has 2 heterocycles. The lowest BCUT2D eigenvalue weighted by Gasteiger charge is -2.14. The molecule has 3 nitrogen and oxygen atoms in total. The SMILES string of the molecule is C[C@H](NCc1ccc2c(c1)CCO2)c1cccnc1. The molecule has 0 radical (unpaired) electrons. The molecule has 1 aliphatic heterocycles. The van der Waals surface area contributed by atoms with Crippen LogP contribution in [0.2, 0.25) is 0 Å². The summed E-state index contributed by atoms with van der Waals surface area (Å²) in [5.41, 5.74) is 3.85. The highest BCUT2D eigenvalue weighted by Crippen LogP contribution is 2.26. The predicted octanol–water partition coefficient (Wildman–Crippen LogP) is 2.87. The second-order valence-corrected chi connectivity index (χ2v) is 4.93. The van der Waals surface area contributed by atoms with Gasteiger partial charge in [-0.15, -0.1) is 0 Å². The Bertz CT molecular complexity index is 554. The first-order chi connectivity index (χ1) is 9.33. The first-order valence-electron chi connectivity index (χ1n) is 6.71. The lowest BCUT2D eigenvalue weighted by atomic mass is 10.1. The average molecular weight is 254 g/mol. The van der Waals surface area contributed by atoms with Crippen LogP contribution in [0.15, 0.2) is 42.7 Å². The van der Waals surface area contributed by atoms with Crippen LogP contribution in [0.4, 0.5) is 0 Å². The zero-order valence-corrected chi connectivity index (χ0v) is 11.1. The van der Waals surface area contributed by atoms with Gasteiger partial charge in [0.1, 0.15) is 5.75 Å². The van der Waals surface area contributed by atoms with Gasteiger partial charge in [0.15, 0.2) is 0 Å². The average Bonchev–Trinajstić information content (AvgIpc) is 2.93. The quantitative estimate of drug-likeness (QED) is 0.911. The van der Waals surface area contributed by atoms with E-state index in [2.05, 4.69) is 41.5 Å². The summed E-state index contributed by atoms with van der Waals surface area (Å²) in [6.45, 7) is 3.84. The number of rotatable bonds is 4. The molecule has 0 unspecified atom stereocenters. The topological polar surface area (TPSA) is 34.1 Å². The van der Waals surface area contributed by atoms with Crippen molar-refractivity contribution in [1.82, 2.24) is 10.3 Å². The third-order valence-corrected chi connectivity index (χ3v) is 3.55. The maximum atomic E-state index is 5.52. The van der Waals surface area contributed by atoms with Crippen LogP contribution in [0.1, 0.15) is 29.7 Å². The largest absolute Gasteiger partial charge is 0.493 e. The molecule has 0 spiro atoms. The maximum absolute atomic E-state index is 5.52. The molecule has 0 amide bonds. The van der Waals surface area contributed by atoms with Gasteiger partial charge in [-0.3, -0.25) is 4.98 Å². The lowest BCUT2D eigenvalue weighted by Crippen LogP contribution is -2.18. The van der Waals surface area contributed by atoms with E-state index in [0.717, 1.165) is 25.3 Å². The summed E-state index contributed by atoms with van der Waals surface area (Å²) >= 11 is 0. The summed E-state index contributed by atoms with van der Waals surface area (Å²) in [5.74, 6) is 1.05. The van der Waals surface area contributed by atoms with Gasteiger partial charge in [-0.25, -0.2) is 0 Å². The van der Waals surface area contributed by atoms with E-state index < -0.39 is 0 Å². The van der Waals surface area contributed by atoms with E-state index in [1.807, 2.05) is 12.3 Å². The number of hydrogen-bond acceptors (Lipinski definition) is 3. The molecule has 1 aromatic heterocycles. The molecule has 0 saturated carbocycles. The number of benzene rings is 1. The first-order valence-corrected chi connectivity index (χ1v) is 6.71. The predicted molar refractivity (Wildman–Crippen MR) is 75.1 cm³/mol. The Hall–Kier alpha value is -1.87. The minimum Gasteiger partial charge on any atom is -0.493 e. The minimum atomic E-state index is 0.304. The van der Waals surface area contributed by atoms with Crippen molar-refractivity contribution in [2.75, 3.05) is 6.61 Å². The normalized spacial score (nSPS) is 14.8. The van der Waals surface area contributed by atoms with Crippen LogP contribution in [-0.4, -0.2) is 11.6 Å². The molecule has 2 aromatic rings. The molecule has 0 bridgehead atoms. The summed E-state index contributed by atoms with van der Waals surface area (Å²) in [6, 6.07) is 10.8. The number of fused-ring (bicyclic) bond motifs is 1. The van der Waals surface area contributed by atoms with Crippen LogP contribution >= 0.6 is 0 Å². The van der Waals surface area contributed by atoms with E-state index in [-0.39, 0.29) is 0 Å². The van der Waals surface area contributed by atoms with Crippen LogP contribution in [0.25, 0.3) is 0 Å². The molecular formula is C16H18N2O. The molecular weight excluding hydrogens is 236 g/mol. The number of ether oxygens (including phenoxy) is 1. The first kappa shape index (κ1) is 12.2. The molecule has 1 N–H and O–H groups in total. The smallest absolute Gasteiger partial charge is 0.122 e. The summed E-state index contributed by atoms with van der Waals surface area (Å²) in [7, 11) is 0. The number of aromatic nitrogens is 1. The molecule has 3 heteroatoms. The van der Waals surface area contributed by atoms with E-state index in [1.165, 1.54) is 16.7 Å². The van der Waals surface area contributed by atoms with Gasteiger partial charge in [0, 0.05) is 31.4 Å². The van der Waals surface area contributed by atoms with Crippen molar-refractivity contribution in [3.05, 3.63) is 59.4 Å². The molecule has 0 fully saturated rings. The highest BCUT2D eigenvalue weighted by molar-refractivity contribution is 5.39. The summed E-state index contributed by atoms with van der Waals surface area (Å²) < 4.78 is 5.52. The second-order valence-electron chi connectivity index (χ2n) is 4.93. The molecule has 0 saturated heterocycles. The van der Waals surface area contributed by atoms with Crippen molar-refractivity contribution in [2.45, 2.75) is 25.9 Å². The standard InChI is InChI=1S/C16H18N2O/c1-12(15-3-2-7-17-11-15)18-10-13-4-5-16-14(9-13)6-8-19-16/h2-5,7,9,11-12,18H,6,8,10H2,1H3/t12-/m0/s1. The van der Waals surface area contributed by atoms with Crippen molar-refractivity contribution in [3.63, 3.8) is 0 Å². The molecule has 19 heavy (non-hydrogen) atoms. The zero-order valence-electron chi connectivity index (χ0n) is 11.1.